The number of methoxy groups -OCH3 is 2. The summed E-state index contributed by atoms with van der Waals surface area (Å²) in [5.74, 6) is 2.27. The molecule has 1 aromatic carbocycles. The molecule has 0 amide bonds. The van der Waals surface area contributed by atoms with Crippen molar-refractivity contribution in [2.24, 2.45) is 0 Å². The Labute approximate surface area is 113 Å². The molecule has 1 heterocycles. The SMILES string of the molecule is COc1cc(C2CCCNC2)cc(SC)c1OC. The third kappa shape index (κ3) is 2.75. The Balaban J connectivity index is 2.35. The van der Waals surface area contributed by atoms with Gasteiger partial charge in [-0.05, 0) is 49.3 Å². The van der Waals surface area contributed by atoms with Gasteiger partial charge in [0.15, 0.2) is 11.5 Å². The van der Waals surface area contributed by atoms with E-state index in [-0.39, 0.29) is 0 Å². The van der Waals surface area contributed by atoms with Gasteiger partial charge in [-0.2, -0.15) is 0 Å². The van der Waals surface area contributed by atoms with Gasteiger partial charge >= 0.3 is 0 Å². The van der Waals surface area contributed by atoms with Crippen LogP contribution in [0.3, 0.4) is 0 Å². The van der Waals surface area contributed by atoms with E-state index >= 15 is 0 Å². The average molecular weight is 267 g/mol. The summed E-state index contributed by atoms with van der Waals surface area (Å²) in [7, 11) is 3.39. The summed E-state index contributed by atoms with van der Waals surface area (Å²) in [6, 6.07) is 4.36. The molecule has 0 spiro atoms. The van der Waals surface area contributed by atoms with Crippen LogP contribution in [0.5, 0.6) is 11.5 Å². The molecule has 0 radical (unpaired) electrons. The number of benzene rings is 1. The topological polar surface area (TPSA) is 30.5 Å². The highest BCUT2D eigenvalue weighted by atomic mass is 32.2. The summed E-state index contributed by atoms with van der Waals surface area (Å²) in [6.07, 6.45) is 4.56. The molecular weight excluding hydrogens is 246 g/mol. The van der Waals surface area contributed by atoms with Crippen molar-refractivity contribution in [3.8, 4) is 11.5 Å². The smallest absolute Gasteiger partial charge is 0.174 e. The first kappa shape index (κ1) is 13.6. The molecule has 4 heteroatoms. The zero-order valence-electron chi connectivity index (χ0n) is 11.3. The molecule has 1 aliphatic rings. The van der Waals surface area contributed by atoms with Crippen LogP contribution in [0.2, 0.25) is 0 Å². The second-order valence-electron chi connectivity index (χ2n) is 4.50. The van der Waals surface area contributed by atoms with E-state index in [0.717, 1.165) is 29.5 Å². The maximum Gasteiger partial charge on any atom is 0.174 e. The minimum absolute atomic E-state index is 0.587. The van der Waals surface area contributed by atoms with Crippen molar-refractivity contribution in [2.45, 2.75) is 23.7 Å². The summed E-state index contributed by atoms with van der Waals surface area (Å²) >= 11 is 1.70. The maximum absolute atomic E-state index is 5.45. The van der Waals surface area contributed by atoms with Crippen LogP contribution in [-0.2, 0) is 0 Å². The van der Waals surface area contributed by atoms with Gasteiger partial charge in [0.1, 0.15) is 0 Å². The van der Waals surface area contributed by atoms with Gasteiger partial charge < -0.3 is 14.8 Å². The second kappa shape index (κ2) is 6.34. The van der Waals surface area contributed by atoms with Crippen LogP contribution in [0.25, 0.3) is 0 Å². The molecule has 1 saturated heterocycles. The van der Waals surface area contributed by atoms with E-state index in [1.165, 1.54) is 18.4 Å². The summed E-state index contributed by atoms with van der Waals surface area (Å²) in [5, 5.41) is 3.46. The van der Waals surface area contributed by atoms with Gasteiger partial charge in [-0.15, -0.1) is 11.8 Å². The number of hydrogen-bond donors (Lipinski definition) is 1. The van der Waals surface area contributed by atoms with Crippen molar-refractivity contribution in [3.63, 3.8) is 0 Å². The summed E-state index contributed by atoms with van der Waals surface area (Å²) in [5.41, 5.74) is 1.35. The molecule has 3 nitrogen and oxygen atoms in total. The first-order chi connectivity index (χ1) is 8.80. The minimum atomic E-state index is 0.587. The van der Waals surface area contributed by atoms with E-state index in [0.29, 0.717) is 5.92 Å². The lowest BCUT2D eigenvalue weighted by Gasteiger charge is -2.24. The lowest BCUT2D eigenvalue weighted by atomic mass is 9.91. The predicted octanol–water partition coefficient (Wildman–Crippen LogP) is 2.89. The number of rotatable bonds is 4. The standard InChI is InChI=1S/C14H21NO2S/c1-16-12-7-11(10-5-4-6-15-9-10)8-13(18-3)14(12)17-2/h7-8,10,15H,4-6,9H2,1-3H3. The highest BCUT2D eigenvalue weighted by Crippen LogP contribution is 2.40. The second-order valence-corrected chi connectivity index (χ2v) is 5.35. The van der Waals surface area contributed by atoms with Gasteiger partial charge in [0.05, 0.1) is 19.1 Å². The summed E-state index contributed by atoms with van der Waals surface area (Å²) < 4.78 is 10.9. The summed E-state index contributed by atoms with van der Waals surface area (Å²) in [6.45, 7) is 2.20. The third-order valence-electron chi connectivity index (χ3n) is 3.46. The predicted molar refractivity (Wildman–Crippen MR) is 76.2 cm³/mol. The fraction of sp³-hybridized carbons (Fsp3) is 0.571. The van der Waals surface area contributed by atoms with Crippen LogP contribution in [0.1, 0.15) is 24.3 Å². The molecule has 0 aliphatic carbocycles. The maximum atomic E-state index is 5.45. The molecule has 2 rings (SSSR count). The van der Waals surface area contributed by atoms with Gasteiger partial charge in [-0.1, -0.05) is 0 Å². The zero-order valence-corrected chi connectivity index (χ0v) is 12.1. The number of nitrogens with one attached hydrogen (secondary N) is 1. The lowest BCUT2D eigenvalue weighted by Crippen LogP contribution is -2.28. The highest BCUT2D eigenvalue weighted by Gasteiger charge is 2.19. The molecule has 100 valence electrons. The van der Waals surface area contributed by atoms with Crippen molar-refractivity contribution < 1.29 is 9.47 Å². The Morgan fingerprint density at radius 3 is 2.67 bits per heavy atom. The fourth-order valence-electron chi connectivity index (χ4n) is 2.47. The normalized spacial score (nSPS) is 19.6. The molecule has 1 N–H and O–H groups in total. The van der Waals surface area contributed by atoms with E-state index in [1.807, 2.05) is 0 Å². The molecule has 0 saturated carbocycles. The van der Waals surface area contributed by atoms with Crippen LogP contribution in [-0.4, -0.2) is 33.6 Å². The first-order valence-corrected chi connectivity index (χ1v) is 7.53. The monoisotopic (exact) mass is 267 g/mol. The van der Waals surface area contributed by atoms with Crippen molar-refractivity contribution in [3.05, 3.63) is 17.7 Å². The lowest BCUT2D eigenvalue weighted by molar-refractivity contribution is 0.346. The average Bonchev–Trinajstić information content (AvgIpc) is 2.46. The Bertz CT molecular complexity index is 378. The molecule has 0 bridgehead atoms. The van der Waals surface area contributed by atoms with E-state index < -0.39 is 0 Å². The zero-order chi connectivity index (χ0) is 13.0. The van der Waals surface area contributed by atoms with E-state index in [9.17, 15) is 0 Å². The van der Waals surface area contributed by atoms with Gasteiger partial charge in [0, 0.05) is 6.54 Å². The van der Waals surface area contributed by atoms with Gasteiger partial charge in [0.2, 0.25) is 0 Å². The number of thioether (sulfide) groups is 1. The Morgan fingerprint density at radius 1 is 1.28 bits per heavy atom. The van der Waals surface area contributed by atoms with Gasteiger partial charge in [0.25, 0.3) is 0 Å². The third-order valence-corrected chi connectivity index (χ3v) is 4.20. The van der Waals surface area contributed by atoms with Crippen LogP contribution in [0.4, 0.5) is 0 Å². The molecule has 1 atom stereocenters. The van der Waals surface area contributed by atoms with E-state index in [1.54, 1.807) is 26.0 Å². The van der Waals surface area contributed by atoms with Crippen molar-refractivity contribution >= 4 is 11.8 Å². The van der Waals surface area contributed by atoms with Crippen LogP contribution in [0, 0.1) is 0 Å². The van der Waals surface area contributed by atoms with Crippen molar-refractivity contribution in [2.75, 3.05) is 33.6 Å². The van der Waals surface area contributed by atoms with Crippen LogP contribution in [0.15, 0.2) is 17.0 Å². The largest absolute Gasteiger partial charge is 0.493 e. The minimum Gasteiger partial charge on any atom is -0.493 e. The molecular formula is C14H21NO2S. The van der Waals surface area contributed by atoms with E-state index in [4.69, 9.17) is 9.47 Å². The van der Waals surface area contributed by atoms with E-state index in [2.05, 4.69) is 23.7 Å². The number of hydrogen-bond acceptors (Lipinski definition) is 4. The number of piperidine rings is 1. The molecule has 0 aromatic heterocycles. The summed E-state index contributed by atoms with van der Waals surface area (Å²) in [4.78, 5) is 1.15. The van der Waals surface area contributed by atoms with Crippen LogP contribution < -0.4 is 14.8 Å². The number of ether oxygens (including phenoxy) is 2. The molecule has 1 aliphatic heterocycles. The molecule has 1 fully saturated rings. The molecule has 1 unspecified atom stereocenters. The Kier molecular flexibility index (Phi) is 4.78. The van der Waals surface area contributed by atoms with Gasteiger partial charge in [-0.3, -0.25) is 0 Å². The van der Waals surface area contributed by atoms with Crippen LogP contribution >= 0.6 is 11.8 Å². The van der Waals surface area contributed by atoms with Crippen molar-refractivity contribution in [1.29, 1.82) is 0 Å². The highest BCUT2D eigenvalue weighted by molar-refractivity contribution is 7.98. The van der Waals surface area contributed by atoms with Gasteiger partial charge in [-0.25, -0.2) is 0 Å². The molecule has 1 aromatic rings. The Hall–Kier alpha value is -0.870. The molecule has 18 heavy (non-hydrogen) atoms. The fourth-order valence-corrected chi connectivity index (χ4v) is 3.10. The first-order valence-electron chi connectivity index (χ1n) is 6.30. The van der Waals surface area contributed by atoms with Crippen molar-refractivity contribution in [1.82, 2.24) is 5.32 Å². The Morgan fingerprint density at radius 2 is 2.11 bits per heavy atom. The quantitative estimate of drug-likeness (QED) is 0.850.